The number of nitrogens with one attached hydrogen (secondary N) is 2. The second kappa shape index (κ2) is 8.80. The highest BCUT2D eigenvalue weighted by Crippen LogP contribution is 2.22. The molecule has 0 bridgehead atoms. The molecule has 1 aromatic rings. The number of rotatable bonds is 6. The molecule has 3 rings (SSSR count). The minimum Gasteiger partial charge on any atom is -0.370 e. The number of benzene rings is 1. The summed E-state index contributed by atoms with van der Waals surface area (Å²) in [5.74, 6) is -1.16. The Labute approximate surface area is 153 Å². The van der Waals surface area contributed by atoms with Gasteiger partial charge in [0.25, 0.3) is 0 Å². The van der Waals surface area contributed by atoms with Crippen LogP contribution in [0.3, 0.4) is 0 Å². The highest BCUT2D eigenvalue weighted by Gasteiger charge is 2.27. The van der Waals surface area contributed by atoms with Gasteiger partial charge >= 0.3 is 11.8 Å². The van der Waals surface area contributed by atoms with Crippen molar-refractivity contribution >= 4 is 17.7 Å². The second-order valence-electron chi connectivity index (χ2n) is 6.72. The van der Waals surface area contributed by atoms with Crippen LogP contribution in [0.5, 0.6) is 0 Å². The number of hydrogen-bond acceptors (Lipinski definition) is 4. The van der Waals surface area contributed by atoms with E-state index in [1.54, 1.807) is 0 Å². The van der Waals surface area contributed by atoms with Gasteiger partial charge in [-0.05, 0) is 24.8 Å². The zero-order valence-corrected chi connectivity index (χ0v) is 14.8. The summed E-state index contributed by atoms with van der Waals surface area (Å²) in [7, 11) is 0. The monoisotopic (exact) mass is 359 g/mol. The van der Waals surface area contributed by atoms with E-state index in [9.17, 15) is 14.4 Å². The fourth-order valence-electron chi connectivity index (χ4n) is 2.90. The molecule has 1 heterocycles. The number of carbonyl (C=O) groups excluding carboxylic acids is 3. The van der Waals surface area contributed by atoms with E-state index >= 15 is 0 Å². The summed E-state index contributed by atoms with van der Waals surface area (Å²) in [6, 6.07) is 10.0. The molecule has 140 valence electrons. The van der Waals surface area contributed by atoms with Gasteiger partial charge in [-0.1, -0.05) is 30.3 Å². The summed E-state index contributed by atoms with van der Waals surface area (Å²) in [6.45, 7) is 1.95. The number of amides is 3. The van der Waals surface area contributed by atoms with Crippen molar-refractivity contribution in [3.05, 3.63) is 35.9 Å². The SMILES string of the molecule is O=C(NCCCC(=O)N1CCOC(c2ccccc2)C1)C(=O)NC1CC1. The van der Waals surface area contributed by atoms with Gasteiger partial charge in [-0.25, -0.2) is 0 Å². The fraction of sp³-hybridized carbons (Fsp3) is 0.526. The second-order valence-corrected chi connectivity index (χ2v) is 6.72. The molecular formula is C19H25N3O4. The third-order valence-electron chi connectivity index (χ3n) is 4.56. The van der Waals surface area contributed by atoms with Crippen molar-refractivity contribution in [2.75, 3.05) is 26.2 Å². The first-order valence-corrected chi connectivity index (χ1v) is 9.16. The van der Waals surface area contributed by atoms with Gasteiger partial charge in [-0.15, -0.1) is 0 Å². The van der Waals surface area contributed by atoms with Crippen LogP contribution in [0.25, 0.3) is 0 Å². The Hall–Kier alpha value is -2.41. The maximum absolute atomic E-state index is 12.4. The first kappa shape index (κ1) is 18.4. The molecule has 0 radical (unpaired) electrons. The van der Waals surface area contributed by atoms with Crippen LogP contribution < -0.4 is 10.6 Å². The summed E-state index contributed by atoms with van der Waals surface area (Å²) in [4.78, 5) is 37.3. The molecule has 2 aliphatic rings. The molecule has 26 heavy (non-hydrogen) atoms. The van der Waals surface area contributed by atoms with E-state index in [1.165, 1.54) is 0 Å². The standard InChI is InChI=1S/C19H25N3O4/c23-17(7-4-10-20-18(24)19(25)21-15-8-9-15)22-11-12-26-16(13-22)14-5-2-1-3-6-14/h1-3,5-6,15-16H,4,7-13H2,(H,20,24)(H,21,25). The number of ether oxygens (including phenoxy) is 1. The Morgan fingerprint density at radius 1 is 1.12 bits per heavy atom. The predicted molar refractivity (Wildman–Crippen MR) is 95.1 cm³/mol. The van der Waals surface area contributed by atoms with E-state index in [4.69, 9.17) is 4.74 Å². The average Bonchev–Trinajstić information content (AvgIpc) is 3.49. The van der Waals surface area contributed by atoms with E-state index in [0.29, 0.717) is 39.1 Å². The Bertz CT molecular complexity index is 645. The highest BCUT2D eigenvalue weighted by molar-refractivity contribution is 6.35. The number of nitrogens with zero attached hydrogens (tertiary/aromatic N) is 1. The highest BCUT2D eigenvalue weighted by atomic mass is 16.5. The van der Waals surface area contributed by atoms with Crippen LogP contribution in [0.1, 0.15) is 37.4 Å². The van der Waals surface area contributed by atoms with Crippen molar-refractivity contribution in [3.63, 3.8) is 0 Å². The van der Waals surface area contributed by atoms with Crippen molar-refractivity contribution in [1.29, 1.82) is 0 Å². The lowest BCUT2D eigenvalue weighted by atomic mass is 10.1. The maximum atomic E-state index is 12.4. The van der Waals surface area contributed by atoms with Crippen LogP contribution >= 0.6 is 0 Å². The largest absolute Gasteiger partial charge is 0.370 e. The Balaban J connectivity index is 1.36. The topological polar surface area (TPSA) is 87.7 Å². The van der Waals surface area contributed by atoms with Gasteiger partial charge in [0.2, 0.25) is 5.91 Å². The third-order valence-corrected chi connectivity index (χ3v) is 4.56. The molecule has 1 unspecified atom stereocenters. The van der Waals surface area contributed by atoms with E-state index < -0.39 is 11.8 Å². The molecule has 0 aromatic heterocycles. The molecule has 1 aliphatic heterocycles. The number of hydrogen-bond donors (Lipinski definition) is 2. The van der Waals surface area contributed by atoms with Crippen molar-refractivity contribution in [2.24, 2.45) is 0 Å². The normalized spacial score (nSPS) is 19.7. The first-order valence-electron chi connectivity index (χ1n) is 9.16. The van der Waals surface area contributed by atoms with Crippen LogP contribution in [0.2, 0.25) is 0 Å². The van der Waals surface area contributed by atoms with Crippen molar-refractivity contribution in [1.82, 2.24) is 15.5 Å². The summed E-state index contributed by atoms with van der Waals surface area (Å²) in [6.07, 6.45) is 2.63. The van der Waals surface area contributed by atoms with Crippen LogP contribution in [0.15, 0.2) is 30.3 Å². The molecular weight excluding hydrogens is 334 g/mol. The van der Waals surface area contributed by atoms with Gasteiger partial charge < -0.3 is 20.3 Å². The molecule has 3 amide bonds. The molecule has 1 aromatic carbocycles. The zero-order chi connectivity index (χ0) is 18.4. The van der Waals surface area contributed by atoms with Crippen LogP contribution in [0.4, 0.5) is 0 Å². The number of morpholine rings is 1. The van der Waals surface area contributed by atoms with E-state index in [2.05, 4.69) is 10.6 Å². The van der Waals surface area contributed by atoms with Crippen LogP contribution in [-0.4, -0.2) is 54.9 Å². The lowest BCUT2D eigenvalue weighted by molar-refractivity contribution is -0.140. The molecule has 1 saturated carbocycles. The molecule has 1 saturated heterocycles. The van der Waals surface area contributed by atoms with Crippen LogP contribution in [-0.2, 0) is 19.1 Å². The van der Waals surface area contributed by atoms with Gasteiger partial charge in [0.15, 0.2) is 0 Å². The Morgan fingerprint density at radius 3 is 2.62 bits per heavy atom. The third kappa shape index (κ3) is 5.29. The first-order chi connectivity index (χ1) is 12.6. The molecule has 1 aliphatic carbocycles. The molecule has 0 spiro atoms. The van der Waals surface area contributed by atoms with Crippen molar-refractivity contribution < 1.29 is 19.1 Å². The van der Waals surface area contributed by atoms with Gasteiger partial charge in [-0.2, -0.15) is 0 Å². The lowest BCUT2D eigenvalue weighted by Crippen LogP contribution is -2.43. The smallest absolute Gasteiger partial charge is 0.309 e. The van der Waals surface area contributed by atoms with Crippen LogP contribution in [0, 0.1) is 0 Å². The molecule has 1 atom stereocenters. The maximum Gasteiger partial charge on any atom is 0.309 e. The Kier molecular flexibility index (Phi) is 6.22. The molecule has 7 nitrogen and oxygen atoms in total. The quantitative estimate of drug-likeness (QED) is 0.580. The average molecular weight is 359 g/mol. The summed E-state index contributed by atoms with van der Waals surface area (Å²) in [5, 5.41) is 5.20. The van der Waals surface area contributed by atoms with E-state index in [-0.39, 0.29) is 18.1 Å². The minimum atomic E-state index is -0.625. The van der Waals surface area contributed by atoms with Crippen molar-refractivity contribution in [2.45, 2.75) is 37.8 Å². The summed E-state index contributed by atoms with van der Waals surface area (Å²) < 4.78 is 5.77. The molecule has 2 N–H and O–H groups in total. The minimum absolute atomic E-state index is 0.0471. The van der Waals surface area contributed by atoms with E-state index in [1.807, 2.05) is 35.2 Å². The molecule has 2 fully saturated rings. The van der Waals surface area contributed by atoms with E-state index in [0.717, 1.165) is 18.4 Å². The summed E-state index contributed by atoms with van der Waals surface area (Å²) >= 11 is 0. The van der Waals surface area contributed by atoms with Gasteiger partial charge in [0, 0.05) is 25.6 Å². The van der Waals surface area contributed by atoms with Gasteiger partial charge in [0.1, 0.15) is 6.10 Å². The fourth-order valence-corrected chi connectivity index (χ4v) is 2.90. The van der Waals surface area contributed by atoms with Crippen molar-refractivity contribution in [3.8, 4) is 0 Å². The Morgan fingerprint density at radius 2 is 1.88 bits per heavy atom. The van der Waals surface area contributed by atoms with Gasteiger partial charge in [-0.3, -0.25) is 14.4 Å². The number of carbonyl (C=O) groups is 3. The zero-order valence-electron chi connectivity index (χ0n) is 14.8. The summed E-state index contributed by atoms with van der Waals surface area (Å²) in [5.41, 5.74) is 1.07. The molecule has 7 heteroatoms. The lowest BCUT2D eigenvalue weighted by Gasteiger charge is -2.33. The van der Waals surface area contributed by atoms with Gasteiger partial charge in [0.05, 0.1) is 13.2 Å². The predicted octanol–water partition coefficient (Wildman–Crippen LogP) is 0.761.